The summed E-state index contributed by atoms with van der Waals surface area (Å²) >= 11 is 0. The van der Waals surface area contributed by atoms with E-state index in [1.165, 1.54) is 0 Å². The fourth-order valence-electron chi connectivity index (χ4n) is 0. The standard InChI is InChI=1S/Bi.Cu.H2Se.H2Te.3H/h;;2*1H2;;;. The van der Waals surface area contributed by atoms with Crippen molar-refractivity contribution in [2.45, 2.75) is 0 Å². The molecule has 0 heterocycles. The van der Waals surface area contributed by atoms with Crippen LogP contribution in [-0.2, 0) is 17.1 Å². The molecular formula is H7BiCuSeTe. The number of rotatable bonds is 0. The minimum atomic E-state index is 0. The zero-order chi connectivity index (χ0) is 0. The first-order valence-electron chi connectivity index (χ1n) is 0. The van der Waals surface area contributed by atoms with Gasteiger partial charge in [-0.2, -0.15) is 0 Å². The monoisotopic (exact) mass is 489 g/mol. The molecule has 0 aromatic carbocycles. The molecule has 0 nitrogen and oxygen atoms in total. The zero-order valence-corrected chi connectivity index (χ0v) is 13.4. The van der Waals surface area contributed by atoms with E-state index in [0.717, 1.165) is 0 Å². The van der Waals surface area contributed by atoms with Crippen LogP contribution in [-0.4, -0.2) is 66.9 Å². The first-order valence-corrected chi connectivity index (χ1v) is 0. The Morgan fingerprint density at radius 1 is 1.00 bits per heavy atom. The van der Waals surface area contributed by atoms with Gasteiger partial charge in [0.05, 0.1) is 0 Å². The van der Waals surface area contributed by atoms with Crippen molar-refractivity contribution in [1.82, 2.24) is 0 Å². The van der Waals surface area contributed by atoms with Crippen LogP contribution in [0, 0.1) is 0 Å². The number of hydrogen-bond acceptors (Lipinski definition) is 0. The molecule has 0 unspecified atom stereocenters. The predicted molar refractivity (Wildman–Crippen MR) is 27.0 cm³/mol. The molecule has 0 aliphatic heterocycles. The zero-order valence-electron chi connectivity index (χ0n) is 2.01. The van der Waals surface area contributed by atoms with Crippen molar-refractivity contribution in [1.29, 1.82) is 0 Å². The maximum atomic E-state index is 0. The molecule has 4 heavy (non-hydrogen) atoms. The van der Waals surface area contributed by atoms with Crippen molar-refractivity contribution in [3.63, 3.8) is 0 Å². The van der Waals surface area contributed by atoms with Crippen LogP contribution < -0.4 is 0 Å². The van der Waals surface area contributed by atoms with Crippen LogP contribution in [0.5, 0.6) is 0 Å². The molecule has 1 radical (unpaired) electrons. The average molecular weight is 486 g/mol. The van der Waals surface area contributed by atoms with E-state index in [9.17, 15) is 0 Å². The summed E-state index contributed by atoms with van der Waals surface area (Å²) in [5.74, 6) is 0. The Balaban J connectivity index is 0. The molecule has 0 rings (SSSR count). The molecule has 0 amide bonds. The minimum absolute atomic E-state index is 0. The van der Waals surface area contributed by atoms with E-state index < -0.39 is 0 Å². The van der Waals surface area contributed by atoms with Crippen LogP contribution in [0.15, 0.2) is 0 Å². The van der Waals surface area contributed by atoms with E-state index in [1.807, 2.05) is 0 Å². The molecule has 0 atom stereocenters. The van der Waals surface area contributed by atoms with Gasteiger partial charge in [0, 0.05) is 17.1 Å². The Morgan fingerprint density at radius 3 is 1.00 bits per heavy atom. The second kappa shape index (κ2) is 17.2. The summed E-state index contributed by atoms with van der Waals surface area (Å²) in [4.78, 5) is 0. The van der Waals surface area contributed by atoms with Crippen LogP contribution in [0.1, 0.15) is 0 Å². The summed E-state index contributed by atoms with van der Waals surface area (Å²) in [5.41, 5.74) is 0. The Labute approximate surface area is 82.7 Å². The molecule has 0 bridgehead atoms. The van der Waals surface area contributed by atoms with Crippen LogP contribution in [0.25, 0.3) is 0 Å². The molecule has 0 saturated carbocycles. The van der Waals surface area contributed by atoms with Gasteiger partial charge in [0.15, 0.2) is 0 Å². The van der Waals surface area contributed by atoms with Gasteiger partial charge >= 0.3 is 66.9 Å². The summed E-state index contributed by atoms with van der Waals surface area (Å²) < 4.78 is 0. The molecule has 0 N–H and O–H groups in total. The summed E-state index contributed by atoms with van der Waals surface area (Å²) in [6, 6.07) is 0. The quantitative estimate of drug-likeness (QED) is 0.320. The predicted octanol–water partition coefficient (Wildman–Crippen LogP) is -3.02. The van der Waals surface area contributed by atoms with Gasteiger partial charge in [-0.1, -0.05) is 0 Å². The molecule has 0 aromatic rings. The maximum absolute atomic E-state index is 0. The van der Waals surface area contributed by atoms with Gasteiger partial charge in [0.1, 0.15) is 0 Å². The summed E-state index contributed by atoms with van der Waals surface area (Å²) in [6.07, 6.45) is 0. The van der Waals surface area contributed by atoms with Crippen molar-refractivity contribution in [2.24, 2.45) is 0 Å². The normalized spacial score (nSPS) is 0. The molecule has 0 aliphatic rings. The fraction of sp³-hybridized carbons (Fsp3) is 0. The molecular weight excluding hydrogens is 479 g/mol. The average Bonchev–Trinajstić information content (AvgIpc) is 0. The Bertz CT molecular complexity index is 8.00. The molecule has 0 saturated heterocycles. The Hall–Kier alpha value is 2.71. The second-order valence-electron chi connectivity index (χ2n) is 0. The third-order valence-corrected chi connectivity index (χ3v) is 0. The summed E-state index contributed by atoms with van der Waals surface area (Å²) in [5, 5.41) is 0. The van der Waals surface area contributed by atoms with Crippen molar-refractivity contribution < 1.29 is 17.1 Å². The first-order chi connectivity index (χ1) is 0. The van der Waals surface area contributed by atoms with Crippen LogP contribution >= 0.6 is 0 Å². The van der Waals surface area contributed by atoms with Gasteiger partial charge in [0.2, 0.25) is 0 Å². The third-order valence-electron chi connectivity index (χ3n) is 0. The van der Waals surface area contributed by atoms with Gasteiger partial charge in [-0.25, -0.2) is 0 Å². The Morgan fingerprint density at radius 2 is 1.00 bits per heavy atom. The van der Waals surface area contributed by atoms with E-state index in [-0.39, 0.29) is 84.0 Å². The van der Waals surface area contributed by atoms with Crippen LogP contribution in [0.4, 0.5) is 0 Å². The van der Waals surface area contributed by atoms with E-state index in [4.69, 9.17) is 0 Å². The number of hydrogen-bond donors (Lipinski definition) is 0. The molecule has 35 valence electrons. The molecule has 0 fully saturated rings. The van der Waals surface area contributed by atoms with Crippen molar-refractivity contribution in [3.8, 4) is 0 Å². The molecule has 0 aromatic heterocycles. The summed E-state index contributed by atoms with van der Waals surface area (Å²) in [6.45, 7) is 0. The fourth-order valence-corrected chi connectivity index (χ4v) is 0. The molecule has 0 spiro atoms. The third kappa shape index (κ3) is 8.83. The van der Waals surface area contributed by atoms with E-state index in [2.05, 4.69) is 0 Å². The van der Waals surface area contributed by atoms with E-state index in [1.54, 1.807) is 0 Å². The van der Waals surface area contributed by atoms with E-state index >= 15 is 0 Å². The van der Waals surface area contributed by atoms with Gasteiger partial charge in [0.25, 0.3) is 0 Å². The van der Waals surface area contributed by atoms with Crippen LogP contribution in [0.3, 0.4) is 0 Å². The van der Waals surface area contributed by atoms with Crippen LogP contribution in [0.2, 0.25) is 0 Å². The van der Waals surface area contributed by atoms with Gasteiger partial charge < -0.3 is 0 Å². The molecule has 0 aliphatic carbocycles. The topological polar surface area (TPSA) is 0 Å². The van der Waals surface area contributed by atoms with Gasteiger partial charge in [-0.05, 0) is 0 Å². The van der Waals surface area contributed by atoms with Gasteiger partial charge in [-0.3, -0.25) is 0 Å². The Kier molecular flexibility index (Phi) is 128. The second-order valence-corrected chi connectivity index (χ2v) is 0. The first kappa shape index (κ1) is 29.8. The molecule has 4 heteroatoms. The van der Waals surface area contributed by atoms with Gasteiger partial charge in [-0.15, -0.1) is 0 Å². The van der Waals surface area contributed by atoms with Crippen molar-refractivity contribution in [3.05, 3.63) is 0 Å². The van der Waals surface area contributed by atoms with E-state index in [0.29, 0.717) is 0 Å². The van der Waals surface area contributed by atoms with Crippen molar-refractivity contribution >= 4 is 66.9 Å². The van der Waals surface area contributed by atoms with Crippen molar-refractivity contribution in [2.75, 3.05) is 0 Å². The summed E-state index contributed by atoms with van der Waals surface area (Å²) in [7, 11) is 0. The SMILES string of the molecule is [BiH3].[Cu].[SeH2].[TeH2].